The lowest BCUT2D eigenvalue weighted by Gasteiger charge is -2.16. The van der Waals surface area contributed by atoms with Crippen molar-refractivity contribution in [1.29, 1.82) is 0 Å². The van der Waals surface area contributed by atoms with Crippen LogP contribution in [-0.4, -0.2) is 39.0 Å². The summed E-state index contributed by atoms with van der Waals surface area (Å²) in [6.07, 6.45) is 0.705. The molecule has 7 heteroatoms. The minimum Gasteiger partial charge on any atom is -0.496 e. The molecule has 100 valence electrons. The van der Waals surface area contributed by atoms with Gasteiger partial charge in [-0.25, -0.2) is 8.42 Å². The zero-order valence-corrected chi connectivity index (χ0v) is 12.4. The van der Waals surface area contributed by atoms with Gasteiger partial charge in [-0.2, -0.15) is 4.31 Å². The monoisotopic (exact) mass is 334 g/mol. The molecule has 5 nitrogen and oxygen atoms in total. The van der Waals surface area contributed by atoms with Crippen molar-refractivity contribution < 1.29 is 13.2 Å². The van der Waals surface area contributed by atoms with Crippen molar-refractivity contribution in [2.45, 2.75) is 17.4 Å². The Morgan fingerprint density at radius 1 is 1.50 bits per heavy atom. The molecule has 1 saturated heterocycles. The predicted molar refractivity (Wildman–Crippen MR) is 72.0 cm³/mol. The van der Waals surface area contributed by atoms with E-state index >= 15 is 0 Å². The lowest BCUT2D eigenvalue weighted by Crippen LogP contribution is -2.31. The normalized spacial score (nSPS) is 21.2. The van der Waals surface area contributed by atoms with Crippen molar-refractivity contribution >= 4 is 26.0 Å². The highest BCUT2D eigenvalue weighted by Crippen LogP contribution is 2.29. The molecular weight excluding hydrogens is 320 g/mol. The second-order valence-electron chi connectivity index (χ2n) is 4.21. The maximum atomic E-state index is 12.3. The number of halogens is 1. The van der Waals surface area contributed by atoms with Crippen LogP contribution < -0.4 is 10.5 Å². The Kier molecular flexibility index (Phi) is 3.96. The molecule has 0 spiro atoms. The average Bonchev–Trinajstić information content (AvgIpc) is 2.76. The summed E-state index contributed by atoms with van der Waals surface area (Å²) in [5.74, 6) is 0.604. The number of benzene rings is 1. The Morgan fingerprint density at radius 3 is 2.72 bits per heavy atom. The molecule has 1 atom stereocenters. The molecule has 1 aliphatic rings. The van der Waals surface area contributed by atoms with Gasteiger partial charge in [-0.3, -0.25) is 0 Å². The maximum absolute atomic E-state index is 12.3. The minimum absolute atomic E-state index is 0.0681. The number of hydrogen-bond acceptors (Lipinski definition) is 4. The van der Waals surface area contributed by atoms with E-state index in [9.17, 15) is 8.42 Å². The van der Waals surface area contributed by atoms with E-state index in [0.717, 1.165) is 0 Å². The fraction of sp³-hybridized carbons (Fsp3) is 0.455. The van der Waals surface area contributed by atoms with Crippen LogP contribution in [0.1, 0.15) is 6.42 Å². The molecule has 1 unspecified atom stereocenters. The van der Waals surface area contributed by atoms with Gasteiger partial charge in [-0.05, 0) is 40.5 Å². The fourth-order valence-electron chi connectivity index (χ4n) is 1.93. The molecule has 0 saturated carbocycles. The van der Waals surface area contributed by atoms with Gasteiger partial charge in [0, 0.05) is 19.1 Å². The van der Waals surface area contributed by atoms with Gasteiger partial charge < -0.3 is 10.5 Å². The molecule has 1 heterocycles. The van der Waals surface area contributed by atoms with Crippen LogP contribution in [0.3, 0.4) is 0 Å². The number of hydrogen-bond donors (Lipinski definition) is 1. The molecule has 1 aliphatic heterocycles. The summed E-state index contributed by atoms with van der Waals surface area (Å²) in [4.78, 5) is 0.254. The SMILES string of the molecule is COc1ccc(S(=O)(=O)N2CCC(N)C2)cc1Br. The zero-order chi connectivity index (χ0) is 13.3. The van der Waals surface area contributed by atoms with Crippen molar-refractivity contribution in [3.8, 4) is 5.75 Å². The van der Waals surface area contributed by atoms with Gasteiger partial charge in [0.05, 0.1) is 16.5 Å². The number of nitrogens with two attached hydrogens (primary N) is 1. The van der Waals surface area contributed by atoms with Gasteiger partial charge in [0.15, 0.2) is 0 Å². The number of sulfonamides is 1. The molecule has 1 aromatic rings. The van der Waals surface area contributed by atoms with E-state index in [1.54, 1.807) is 18.2 Å². The highest BCUT2D eigenvalue weighted by atomic mass is 79.9. The smallest absolute Gasteiger partial charge is 0.243 e. The van der Waals surface area contributed by atoms with E-state index < -0.39 is 10.0 Å². The Bertz CT molecular complexity index is 547. The lowest BCUT2D eigenvalue weighted by atomic mass is 10.3. The largest absolute Gasteiger partial charge is 0.496 e. The van der Waals surface area contributed by atoms with Gasteiger partial charge in [-0.15, -0.1) is 0 Å². The van der Waals surface area contributed by atoms with Crippen LogP contribution in [-0.2, 0) is 10.0 Å². The van der Waals surface area contributed by atoms with Gasteiger partial charge in [0.1, 0.15) is 5.75 Å². The number of rotatable bonds is 3. The summed E-state index contributed by atoms with van der Waals surface area (Å²) in [6, 6.07) is 4.66. The van der Waals surface area contributed by atoms with Gasteiger partial charge in [0.25, 0.3) is 0 Å². The molecule has 0 aliphatic carbocycles. The highest BCUT2D eigenvalue weighted by molar-refractivity contribution is 9.10. The minimum atomic E-state index is -3.45. The molecule has 1 aromatic carbocycles. The maximum Gasteiger partial charge on any atom is 0.243 e. The van der Waals surface area contributed by atoms with Crippen molar-refractivity contribution in [2.24, 2.45) is 5.73 Å². The highest BCUT2D eigenvalue weighted by Gasteiger charge is 2.31. The first kappa shape index (κ1) is 13.8. The summed E-state index contributed by atoms with van der Waals surface area (Å²) in [5, 5.41) is 0. The average molecular weight is 335 g/mol. The van der Waals surface area contributed by atoms with Crippen LogP contribution >= 0.6 is 15.9 Å². The zero-order valence-electron chi connectivity index (χ0n) is 9.97. The Morgan fingerprint density at radius 2 is 2.22 bits per heavy atom. The second-order valence-corrected chi connectivity index (χ2v) is 7.00. The first-order valence-electron chi connectivity index (χ1n) is 5.54. The number of methoxy groups -OCH3 is 1. The van der Waals surface area contributed by atoms with Crippen molar-refractivity contribution in [1.82, 2.24) is 4.31 Å². The van der Waals surface area contributed by atoms with Gasteiger partial charge >= 0.3 is 0 Å². The molecule has 1 fully saturated rings. The third-order valence-electron chi connectivity index (χ3n) is 2.95. The predicted octanol–water partition coefficient (Wildman–Crippen LogP) is 1.18. The Balaban J connectivity index is 2.33. The van der Waals surface area contributed by atoms with E-state index in [-0.39, 0.29) is 10.9 Å². The van der Waals surface area contributed by atoms with Crippen molar-refractivity contribution in [3.63, 3.8) is 0 Å². The summed E-state index contributed by atoms with van der Waals surface area (Å²) < 4.78 is 31.8. The van der Waals surface area contributed by atoms with Crippen LogP contribution in [0, 0.1) is 0 Å². The third kappa shape index (κ3) is 2.54. The molecular formula is C11H15BrN2O3S. The summed E-state index contributed by atoms with van der Waals surface area (Å²) in [5.41, 5.74) is 5.74. The van der Waals surface area contributed by atoms with E-state index in [1.807, 2.05) is 0 Å². The number of nitrogens with zero attached hydrogens (tertiary/aromatic N) is 1. The molecule has 2 N–H and O–H groups in total. The number of ether oxygens (including phenoxy) is 1. The Labute approximate surface area is 115 Å². The van der Waals surface area contributed by atoms with E-state index in [0.29, 0.717) is 29.7 Å². The van der Waals surface area contributed by atoms with E-state index in [2.05, 4.69) is 15.9 Å². The van der Waals surface area contributed by atoms with Gasteiger partial charge in [0.2, 0.25) is 10.0 Å². The molecule has 0 aromatic heterocycles. The van der Waals surface area contributed by atoms with Gasteiger partial charge in [-0.1, -0.05) is 0 Å². The molecule has 18 heavy (non-hydrogen) atoms. The first-order chi connectivity index (χ1) is 8.45. The summed E-state index contributed by atoms with van der Waals surface area (Å²) in [7, 11) is -1.92. The third-order valence-corrected chi connectivity index (χ3v) is 5.43. The van der Waals surface area contributed by atoms with E-state index in [1.165, 1.54) is 11.4 Å². The van der Waals surface area contributed by atoms with Crippen LogP contribution in [0.25, 0.3) is 0 Å². The topological polar surface area (TPSA) is 72.6 Å². The fourth-order valence-corrected chi connectivity index (χ4v) is 4.16. The summed E-state index contributed by atoms with van der Waals surface area (Å²) in [6.45, 7) is 0.860. The first-order valence-corrected chi connectivity index (χ1v) is 7.77. The summed E-state index contributed by atoms with van der Waals surface area (Å²) >= 11 is 3.29. The van der Waals surface area contributed by atoms with Crippen LogP contribution in [0.5, 0.6) is 5.75 Å². The molecule has 0 radical (unpaired) electrons. The van der Waals surface area contributed by atoms with Crippen molar-refractivity contribution in [2.75, 3.05) is 20.2 Å². The Hall–Kier alpha value is -0.630. The molecule has 0 bridgehead atoms. The van der Waals surface area contributed by atoms with Crippen molar-refractivity contribution in [3.05, 3.63) is 22.7 Å². The van der Waals surface area contributed by atoms with Crippen LogP contribution in [0.4, 0.5) is 0 Å². The van der Waals surface area contributed by atoms with E-state index in [4.69, 9.17) is 10.5 Å². The lowest BCUT2D eigenvalue weighted by molar-refractivity contribution is 0.411. The molecule has 2 rings (SSSR count). The standard InChI is InChI=1S/C11H15BrN2O3S/c1-17-11-3-2-9(6-10(11)12)18(15,16)14-5-4-8(13)7-14/h2-3,6,8H,4-5,7,13H2,1H3. The van der Waals surface area contributed by atoms with Crippen LogP contribution in [0.15, 0.2) is 27.6 Å². The quantitative estimate of drug-likeness (QED) is 0.900. The van der Waals surface area contributed by atoms with Crippen LogP contribution in [0.2, 0.25) is 0 Å². The second kappa shape index (κ2) is 5.16. The molecule has 0 amide bonds.